The molecule has 1 aliphatic rings. The van der Waals surface area contributed by atoms with Crippen molar-refractivity contribution in [3.8, 4) is 5.88 Å². The van der Waals surface area contributed by atoms with E-state index in [2.05, 4.69) is 14.7 Å². The fraction of sp³-hybridized carbons (Fsp3) is 0.444. The Bertz CT molecular complexity index is 882. The van der Waals surface area contributed by atoms with Crippen molar-refractivity contribution in [1.29, 1.82) is 0 Å². The number of anilines is 1. The van der Waals surface area contributed by atoms with E-state index in [1.54, 1.807) is 17.0 Å². The van der Waals surface area contributed by atoms with Gasteiger partial charge in [-0.05, 0) is 43.4 Å². The van der Waals surface area contributed by atoms with E-state index in [9.17, 15) is 27.7 Å². The van der Waals surface area contributed by atoms with Gasteiger partial charge in [-0.3, -0.25) is 10.1 Å². The van der Waals surface area contributed by atoms with Gasteiger partial charge in [-0.1, -0.05) is 12.1 Å². The minimum Gasteiger partial charge on any atom is -0.463 e. The molecule has 0 spiro atoms. The molecule has 3 rings (SSSR count). The number of aryl methyl sites for hydroxylation is 1. The van der Waals surface area contributed by atoms with Crippen molar-refractivity contribution >= 4 is 11.5 Å². The molecule has 2 aromatic rings. The molecular formula is C18H18F4N4O3. The Morgan fingerprint density at radius 3 is 2.38 bits per heavy atom. The lowest BCUT2D eigenvalue weighted by Gasteiger charge is -2.32. The van der Waals surface area contributed by atoms with E-state index in [1.165, 1.54) is 19.1 Å². The molecular weight excluding hydrogens is 396 g/mol. The van der Waals surface area contributed by atoms with E-state index < -0.39 is 29.3 Å². The van der Waals surface area contributed by atoms with Crippen molar-refractivity contribution in [2.24, 2.45) is 0 Å². The maximum Gasteiger partial charge on any atom is 0.422 e. The van der Waals surface area contributed by atoms with Crippen molar-refractivity contribution < 1.29 is 27.2 Å². The second kappa shape index (κ2) is 8.18. The Labute approximate surface area is 163 Å². The summed E-state index contributed by atoms with van der Waals surface area (Å²) in [4.78, 5) is 20.1. The average molecular weight is 414 g/mol. The molecule has 1 saturated heterocycles. The smallest absolute Gasteiger partial charge is 0.422 e. The summed E-state index contributed by atoms with van der Waals surface area (Å²) in [6.07, 6.45) is -3.39. The number of ether oxygens (including phenoxy) is 1. The zero-order chi connectivity index (χ0) is 21.2. The number of halogens is 4. The molecule has 7 nitrogen and oxygen atoms in total. The number of hydrogen-bond donors (Lipinski definition) is 0. The first kappa shape index (κ1) is 20.7. The molecule has 0 aliphatic carbocycles. The van der Waals surface area contributed by atoms with E-state index in [4.69, 9.17) is 0 Å². The molecule has 29 heavy (non-hydrogen) atoms. The van der Waals surface area contributed by atoms with Crippen LogP contribution in [0.2, 0.25) is 0 Å². The van der Waals surface area contributed by atoms with Gasteiger partial charge in [-0.25, -0.2) is 9.37 Å². The molecule has 11 heteroatoms. The molecule has 0 bridgehead atoms. The molecule has 156 valence electrons. The summed E-state index contributed by atoms with van der Waals surface area (Å²) in [5.74, 6) is -0.865. The molecule has 2 heterocycles. The fourth-order valence-corrected chi connectivity index (χ4v) is 3.32. The van der Waals surface area contributed by atoms with Crippen LogP contribution in [0.1, 0.15) is 30.1 Å². The van der Waals surface area contributed by atoms with Crippen LogP contribution in [0.4, 0.5) is 29.1 Å². The Hall–Kier alpha value is -2.98. The lowest BCUT2D eigenvalue weighted by atomic mass is 9.89. The topological polar surface area (TPSA) is 81.4 Å². The minimum absolute atomic E-state index is 0.0581. The summed E-state index contributed by atoms with van der Waals surface area (Å²) in [5.41, 5.74) is 0.286. The van der Waals surface area contributed by atoms with Gasteiger partial charge in [0.1, 0.15) is 11.6 Å². The van der Waals surface area contributed by atoms with Gasteiger partial charge >= 0.3 is 11.9 Å². The van der Waals surface area contributed by atoms with Gasteiger partial charge in [0.2, 0.25) is 5.82 Å². The molecule has 0 radical (unpaired) electrons. The molecule has 0 N–H and O–H groups in total. The Morgan fingerprint density at radius 1 is 1.21 bits per heavy atom. The van der Waals surface area contributed by atoms with Crippen molar-refractivity contribution in [3.05, 3.63) is 51.6 Å². The summed E-state index contributed by atoms with van der Waals surface area (Å²) >= 11 is 0. The number of piperidine rings is 1. The SMILES string of the molecule is Cc1nc(OCC(F)(F)F)c([N+](=O)[O-])c(N2CCC(c3ccc(F)cc3)CC2)n1. The Morgan fingerprint density at radius 2 is 1.83 bits per heavy atom. The standard InChI is InChI=1S/C18H18F4N4O3/c1-11-23-16(15(26(27)28)17(24-11)29-10-18(20,21)22)25-8-6-13(7-9-25)12-2-4-14(19)5-3-12/h2-5,13H,6-10H2,1H3. The maximum absolute atomic E-state index is 13.1. The summed E-state index contributed by atoms with van der Waals surface area (Å²) in [7, 11) is 0. The maximum atomic E-state index is 13.1. The summed E-state index contributed by atoms with van der Waals surface area (Å²) in [5, 5.41) is 11.5. The third kappa shape index (κ3) is 5.09. The zero-order valence-electron chi connectivity index (χ0n) is 15.4. The summed E-state index contributed by atoms with van der Waals surface area (Å²) < 4.78 is 55.2. The second-order valence-electron chi connectivity index (χ2n) is 6.72. The van der Waals surface area contributed by atoms with Crippen LogP contribution in [-0.2, 0) is 0 Å². The van der Waals surface area contributed by atoms with Gasteiger partial charge in [0, 0.05) is 13.1 Å². The van der Waals surface area contributed by atoms with Crippen LogP contribution in [0.3, 0.4) is 0 Å². The van der Waals surface area contributed by atoms with Crippen LogP contribution in [0, 0.1) is 22.9 Å². The van der Waals surface area contributed by atoms with Crippen molar-refractivity contribution in [3.63, 3.8) is 0 Å². The highest BCUT2D eigenvalue weighted by atomic mass is 19.4. The van der Waals surface area contributed by atoms with Crippen molar-refractivity contribution in [1.82, 2.24) is 9.97 Å². The van der Waals surface area contributed by atoms with Crippen LogP contribution in [0.15, 0.2) is 24.3 Å². The number of hydrogen-bond acceptors (Lipinski definition) is 6. The predicted octanol–water partition coefficient (Wildman–Crippen LogP) is 4.16. The van der Waals surface area contributed by atoms with Crippen molar-refractivity contribution in [2.45, 2.75) is 31.9 Å². The van der Waals surface area contributed by atoms with E-state index in [0.29, 0.717) is 25.9 Å². The minimum atomic E-state index is -4.65. The third-order valence-corrected chi connectivity index (χ3v) is 4.64. The number of rotatable bonds is 5. The summed E-state index contributed by atoms with van der Waals surface area (Å²) in [6, 6.07) is 6.17. The number of benzene rings is 1. The lowest BCUT2D eigenvalue weighted by Crippen LogP contribution is -2.34. The first-order valence-corrected chi connectivity index (χ1v) is 8.87. The van der Waals surface area contributed by atoms with E-state index in [1.807, 2.05) is 0 Å². The Kier molecular flexibility index (Phi) is 5.85. The van der Waals surface area contributed by atoms with Gasteiger partial charge in [0.25, 0.3) is 5.88 Å². The Balaban J connectivity index is 1.82. The number of nitro groups is 1. The van der Waals surface area contributed by atoms with Gasteiger partial charge < -0.3 is 9.64 Å². The zero-order valence-corrected chi connectivity index (χ0v) is 15.4. The summed E-state index contributed by atoms with van der Waals surface area (Å²) in [6.45, 7) is 0.547. The predicted molar refractivity (Wildman–Crippen MR) is 95.6 cm³/mol. The third-order valence-electron chi connectivity index (χ3n) is 4.64. The number of nitrogens with zero attached hydrogens (tertiary/aromatic N) is 4. The van der Waals surface area contributed by atoms with Crippen molar-refractivity contribution in [2.75, 3.05) is 24.6 Å². The van der Waals surface area contributed by atoms with Crippen LogP contribution < -0.4 is 9.64 Å². The average Bonchev–Trinajstić information content (AvgIpc) is 2.66. The van der Waals surface area contributed by atoms with Crippen LogP contribution >= 0.6 is 0 Å². The molecule has 0 atom stereocenters. The highest BCUT2D eigenvalue weighted by Gasteiger charge is 2.35. The molecule has 0 unspecified atom stereocenters. The molecule has 1 aromatic heterocycles. The molecule has 1 aliphatic heterocycles. The second-order valence-corrected chi connectivity index (χ2v) is 6.72. The van der Waals surface area contributed by atoms with Gasteiger partial charge in [0.15, 0.2) is 6.61 Å². The highest BCUT2D eigenvalue weighted by Crippen LogP contribution is 2.38. The number of aromatic nitrogens is 2. The monoisotopic (exact) mass is 414 g/mol. The lowest BCUT2D eigenvalue weighted by molar-refractivity contribution is -0.385. The van der Waals surface area contributed by atoms with Crippen LogP contribution in [0.5, 0.6) is 5.88 Å². The molecule has 1 aromatic carbocycles. The normalized spacial score (nSPS) is 15.4. The molecule has 1 fully saturated rings. The van der Waals surface area contributed by atoms with Crippen LogP contribution in [-0.4, -0.2) is 40.8 Å². The first-order chi connectivity index (χ1) is 13.6. The van der Waals surface area contributed by atoms with E-state index in [0.717, 1.165) is 5.56 Å². The molecule has 0 amide bonds. The highest BCUT2D eigenvalue weighted by molar-refractivity contribution is 5.63. The van der Waals surface area contributed by atoms with Gasteiger partial charge in [0.05, 0.1) is 4.92 Å². The van der Waals surface area contributed by atoms with E-state index in [-0.39, 0.29) is 23.4 Å². The number of alkyl halides is 3. The van der Waals surface area contributed by atoms with Crippen LogP contribution in [0.25, 0.3) is 0 Å². The van der Waals surface area contributed by atoms with E-state index >= 15 is 0 Å². The van der Waals surface area contributed by atoms with Gasteiger partial charge in [-0.2, -0.15) is 18.2 Å². The quantitative estimate of drug-likeness (QED) is 0.415. The first-order valence-electron chi connectivity index (χ1n) is 8.87. The van der Waals surface area contributed by atoms with Gasteiger partial charge in [-0.15, -0.1) is 0 Å². The fourth-order valence-electron chi connectivity index (χ4n) is 3.32. The molecule has 0 saturated carbocycles. The largest absolute Gasteiger partial charge is 0.463 e.